The zero-order valence-corrected chi connectivity index (χ0v) is 12.8. The first-order valence-corrected chi connectivity index (χ1v) is 7.13. The molecule has 0 aromatic carbocycles. The number of aryl methyl sites for hydroxylation is 1. The summed E-state index contributed by atoms with van der Waals surface area (Å²) in [4.78, 5) is 3.85. The standard InChI is InChI=1S/C15H20F3N3O2/c1-3-4-5-13(20)8-23-12-9(2)21-11(6-10(12)13)14(22,7-19)15(16,17)18/h3,6,22H,1,4-5,7-8,19-20H2,2H3. The van der Waals surface area contributed by atoms with Gasteiger partial charge in [0.05, 0.1) is 16.9 Å². The van der Waals surface area contributed by atoms with Gasteiger partial charge in [0.2, 0.25) is 5.60 Å². The maximum atomic E-state index is 13.2. The molecule has 2 unspecified atom stereocenters. The Morgan fingerprint density at radius 3 is 2.70 bits per heavy atom. The summed E-state index contributed by atoms with van der Waals surface area (Å²) in [7, 11) is 0. The fourth-order valence-electron chi connectivity index (χ4n) is 2.64. The van der Waals surface area contributed by atoms with E-state index >= 15 is 0 Å². The van der Waals surface area contributed by atoms with Crippen LogP contribution in [-0.2, 0) is 11.1 Å². The van der Waals surface area contributed by atoms with E-state index in [1.165, 1.54) is 6.92 Å². The third-order valence-corrected chi connectivity index (χ3v) is 4.14. The normalized spacial score (nSPS) is 23.1. The summed E-state index contributed by atoms with van der Waals surface area (Å²) < 4.78 is 45.2. The Kier molecular flexibility index (Phi) is 4.44. The van der Waals surface area contributed by atoms with Crippen LogP contribution >= 0.6 is 0 Å². The minimum absolute atomic E-state index is 0.134. The number of halogens is 3. The second kappa shape index (κ2) is 5.77. The van der Waals surface area contributed by atoms with Crippen molar-refractivity contribution in [3.63, 3.8) is 0 Å². The van der Waals surface area contributed by atoms with Crippen molar-refractivity contribution >= 4 is 0 Å². The lowest BCUT2D eigenvalue weighted by molar-refractivity contribution is -0.263. The molecule has 2 rings (SSSR count). The second-order valence-corrected chi connectivity index (χ2v) is 5.80. The number of nitrogens with zero attached hydrogens (tertiary/aromatic N) is 1. The van der Waals surface area contributed by atoms with Crippen LogP contribution in [0.1, 0.15) is 29.8 Å². The third-order valence-electron chi connectivity index (χ3n) is 4.14. The largest absolute Gasteiger partial charge is 0.489 e. The van der Waals surface area contributed by atoms with Crippen LogP contribution in [0.4, 0.5) is 13.2 Å². The number of allylic oxidation sites excluding steroid dienone is 1. The van der Waals surface area contributed by atoms with E-state index < -0.39 is 29.6 Å². The van der Waals surface area contributed by atoms with E-state index in [0.29, 0.717) is 24.2 Å². The number of ether oxygens (including phenoxy) is 1. The zero-order chi connectivity index (χ0) is 17.5. The van der Waals surface area contributed by atoms with Gasteiger partial charge < -0.3 is 21.3 Å². The molecule has 0 spiro atoms. The van der Waals surface area contributed by atoms with E-state index in [1.54, 1.807) is 6.08 Å². The maximum absolute atomic E-state index is 13.2. The molecule has 0 amide bonds. The fraction of sp³-hybridized carbons (Fsp3) is 0.533. The lowest BCUT2D eigenvalue weighted by atomic mass is 9.86. The molecule has 5 nitrogen and oxygen atoms in total. The summed E-state index contributed by atoms with van der Waals surface area (Å²) in [6.07, 6.45) is -2.24. The predicted octanol–water partition coefficient (Wildman–Crippen LogP) is 1.61. The number of aromatic nitrogens is 1. The van der Waals surface area contributed by atoms with Crippen LogP contribution in [-0.4, -0.2) is 29.4 Å². The van der Waals surface area contributed by atoms with Crippen LogP contribution in [0.3, 0.4) is 0 Å². The summed E-state index contributed by atoms with van der Waals surface area (Å²) >= 11 is 0. The van der Waals surface area contributed by atoms with Crippen LogP contribution in [0.15, 0.2) is 18.7 Å². The van der Waals surface area contributed by atoms with E-state index in [9.17, 15) is 18.3 Å². The lowest BCUT2D eigenvalue weighted by Crippen LogP contribution is -2.49. The van der Waals surface area contributed by atoms with Gasteiger partial charge in [0.15, 0.2) is 0 Å². The maximum Gasteiger partial charge on any atom is 0.424 e. The number of aliphatic hydroxyl groups is 1. The molecule has 2 atom stereocenters. The molecule has 23 heavy (non-hydrogen) atoms. The van der Waals surface area contributed by atoms with Gasteiger partial charge in [0.1, 0.15) is 12.4 Å². The molecule has 1 aliphatic rings. The molecule has 5 N–H and O–H groups in total. The van der Waals surface area contributed by atoms with E-state index in [1.807, 2.05) is 0 Å². The van der Waals surface area contributed by atoms with Crippen molar-refractivity contribution in [1.29, 1.82) is 0 Å². The smallest absolute Gasteiger partial charge is 0.424 e. The monoisotopic (exact) mass is 331 g/mol. The van der Waals surface area contributed by atoms with Gasteiger partial charge in [0, 0.05) is 12.1 Å². The van der Waals surface area contributed by atoms with Gasteiger partial charge >= 0.3 is 6.18 Å². The first-order valence-electron chi connectivity index (χ1n) is 7.13. The number of hydrogen-bond donors (Lipinski definition) is 3. The SMILES string of the molecule is C=CCCC1(N)COc2c1cc(C(O)(CN)C(F)(F)F)nc2C. The molecular formula is C15H20F3N3O2. The number of fused-ring (bicyclic) bond motifs is 1. The van der Waals surface area contributed by atoms with E-state index in [0.717, 1.165) is 6.07 Å². The van der Waals surface area contributed by atoms with Crippen LogP contribution in [0.25, 0.3) is 0 Å². The van der Waals surface area contributed by atoms with Gasteiger partial charge in [-0.05, 0) is 25.8 Å². The predicted molar refractivity (Wildman–Crippen MR) is 78.8 cm³/mol. The molecule has 0 bridgehead atoms. The van der Waals surface area contributed by atoms with Crippen LogP contribution in [0.5, 0.6) is 5.75 Å². The van der Waals surface area contributed by atoms with Crippen molar-refractivity contribution < 1.29 is 23.0 Å². The Morgan fingerprint density at radius 1 is 1.52 bits per heavy atom. The van der Waals surface area contributed by atoms with Crippen molar-refractivity contribution in [2.75, 3.05) is 13.2 Å². The Balaban J connectivity index is 2.57. The zero-order valence-electron chi connectivity index (χ0n) is 12.8. The van der Waals surface area contributed by atoms with Crippen LogP contribution < -0.4 is 16.2 Å². The Morgan fingerprint density at radius 2 is 2.17 bits per heavy atom. The van der Waals surface area contributed by atoms with E-state index in [4.69, 9.17) is 16.2 Å². The second-order valence-electron chi connectivity index (χ2n) is 5.80. The Labute approximate surface area is 132 Å². The summed E-state index contributed by atoms with van der Waals surface area (Å²) in [5, 5.41) is 10.0. The Bertz CT molecular complexity index is 621. The van der Waals surface area contributed by atoms with Gasteiger partial charge in [-0.3, -0.25) is 4.98 Å². The fourth-order valence-corrected chi connectivity index (χ4v) is 2.64. The summed E-state index contributed by atoms with van der Waals surface area (Å²) in [5.41, 5.74) is 7.37. The lowest BCUT2D eigenvalue weighted by Gasteiger charge is -2.30. The average Bonchev–Trinajstić information content (AvgIpc) is 2.81. The van der Waals surface area contributed by atoms with Crippen molar-refractivity contribution in [3.8, 4) is 5.75 Å². The van der Waals surface area contributed by atoms with Crippen LogP contribution in [0, 0.1) is 6.92 Å². The molecule has 0 saturated carbocycles. The highest BCUT2D eigenvalue weighted by Gasteiger charge is 2.56. The minimum Gasteiger partial charge on any atom is -0.489 e. The third kappa shape index (κ3) is 2.82. The molecule has 128 valence electrons. The molecule has 2 heterocycles. The highest BCUT2D eigenvalue weighted by Crippen LogP contribution is 2.44. The molecule has 0 radical (unpaired) electrons. The molecule has 0 aliphatic carbocycles. The van der Waals surface area contributed by atoms with Crippen molar-refractivity contribution in [2.24, 2.45) is 11.5 Å². The van der Waals surface area contributed by atoms with Gasteiger partial charge in [0.25, 0.3) is 0 Å². The average molecular weight is 331 g/mol. The first-order chi connectivity index (χ1) is 10.6. The molecule has 1 aromatic rings. The van der Waals surface area contributed by atoms with Crippen molar-refractivity contribution in [1.82, 2.24) is 4.98 Å². The quantitative estimate of drug-likeness (QED) is 0.713. The molecule has 0 saturated heterocycles. The first kappa shape index (κ1) is 17.7. The highest BCUT2D eigenvalue weighted by molar-refractivity contribution is 5.47. The van der Waals surface area contributed by atoms with E-state index in [2.05, 4.69) is 11.6 Å². The number of alkyl halides is 3. The summed E-state index contributed by atoms with van der Waals surface area (Å²) in [6.45, 7) is 4.22. The number of rotatable bonds is 5. The van der Waals surface area contributed by atoms with Crippen molar-refractivity contribution in [2.45, 2.75) is 37.1 Å². The molecule has 1 aliphatic heterocycles. The molecular weight excluding hydrogens is 311 g/mol. The van der Waals surface area contributed by atoms with Crippen molar-refractivity contribution in [3.05, 3.63) is 35.7 Å². The minimum atomic E-state index is -4.95. The number of hydrogen-bond acceptors (Lipinski definition) is 5. The highest BCUT2D eigenvalue weighted by atomic mass is 19.4. The van der Waals surface area contributed by atoms with Gasteiger partial charge in [-0.1, -0.05) is 6.08 Å². The Hall–Kier alpha value is -1.64. The van der Waals surface area contributed by atoms with Gasteiger partial charge in [-0.15, -0.1) is 6.58 Å². The number of pyridine rings is 1. The van der Waals surface area contributed by atoms with E-state index in [-0.39, 0.29) is 12.3 Å². The summed E-state index contributed by atoms with van der Waals surface area (Å²) in [5.74, 6) is 0.363. The summed E-state index contributed by atoms with van der Waals surface area (Å²) in [6, 6.07) is 1.15. The van der Waals surface area contributed by atoms with Crippen LogP contribution in [0.2, 0.25) is 0 Å². The molecule has 0 fully saturated rings. The number of nitrogens with two attached hydrogens (primary N) is 2. The van der Waals surface area contributed by atoms with Gasteiger partial charge in [-0.2, -0.15) is 13.2 Å². The topological polar surface area (TPSA) is 94.4 Å². The molecule has 8 heteroatoms. The molecule has 1 aromatic heterocycles. The van der Waals surface area contributed by atoms with Gasteiger partial charge in [-0.25, -0.2) is 0 Å².